The molecule has 0 spiro atoms. The van der Waals surface area contributed by atoms with Crippen LogP contribution in [0.3, 0.4) is 0 Å². The predicted molar refractivity (Wildman–Crippen MR) is 134 cm³/mol. The molecule has 172 valence electrons. The van der Waals surface area contributed by atoms with Crippen molar-refractivity contribution in [2.24, 2.45) is 5.92 Å². The van der Waals surface area contributed by atoms with Crippen molar-refractivity contribution in [3.05, 3.63) is 67.3 Å². The Morgan fingerprint density at radius 2 is 1.94 bits per heavy atom. The summed E-state index contributed by atoms with van der Waals surface area (Å²) in [4.78, 5) is 11.8. The molecule has 0 atom stereocenters. The van der Waals surface area contributed by atoms with E-state index in [9.17, 15) is 5.11 Å². The van der Waals surface area contributed by atoms with E-state index in [1.165, 1.54) is 5.69 Å². The van der Waals surface area contributed by atoms with Crippen LogP contribution in [0.5, 0.6) is 0 Å². The van der Waals surface area contributed by atoms with E-state index in [1.807, 2.05) is 29.1 Å². The third-order valence-corrected chi connectivity index (χ3v) is 6.76. The van der Waals surface area contributed by atoms with Gasteiger partial charge in [-0.15, -0.1) is 0 Å². The highest BCUT2D eigenvalue weighted by Gasteiger charge is 2.19. The number of benzene rings is 2. The molecule has 0 unspecified atom stereocenters. The zero-order chi connectivity index (χ0) is 22.9. The first-order chi connectivity index (χ1) is 16.8. The van der Waals surface area contributed by atoms with Crippen LogP contribution in [0, 0.1) is 5.92 Å². The second-order valence-corrected chi connectivity index (χ2v) is 8.92. The Morgan fingerprint density at radius 1 is 1.09 bits per heavy atom. The van der Waals surface area contributed by atoms with Crippen molar-refractivity contribution < 1.29 is 5.11 Å². The molecule has 0 saturated carbocycles. The number of nitrogens with zero attached hydrogens (tertiary/aromatic N) is 5. The van der Waals surface area contributed by atoms with Crippen molar-refractivity contribution in [2.75, 3.05) is 29.9 Å². The fourth-order valence-corrected chi connectivity index (χ4v) is 4.81. The zero-order valence-electron chi connectivity index (χ0n) is 18.9. The molecular weight excluding hydrogens is 426 g/mol. The maximum Gasteiger partial charge on any atom is 0.180 e. The summed E-state index contributed by atoms with van der Waals surface area (Å²) in [6.07, 6.45) is 10.7. The molecule has 0 bridgehead atoms. The van der Waals surface area contributed by atoms with Crippen LogP contribution in [0.15, 0.2) is 67.3 Å². The van der Waals surface area contributed by atoms with E-state index in [-0.39, 0.29) is 0 Å². The summed E-state index contributed by atoms with van der Waals surface area (Å²) < 4.78 is 1.99. The molecular formula is C26H27N7O. The number of hydrogen-bond acceptors (Lipinski definition) is 6. The molecule has 3 N–H and O–H groups in total. The Hall–Kier alpha value is -3.91. The quantitative estimate of drug-likeness (QED) is 0.347. The van der Waals surface area contributed by atoms with Crippen LogP contribution in [-0.4, -0.2) is 49.4 Å². The Morgan fingerprint density at radius 3 is 2.76 bits per heavy atom. The van der Waals surface area contributed by atoms with Crippen LogP contribution in [0.2, 0.25) is 0 Å². The summed E-state index contributed by atoms with van der Waals surface area (Å²) >= 11 is 0. The molecule has 6 rings (SSSR count). The molecule has 4 heterocycles. The minimum Gasteiger partial charge on any atom is -0.396 e. The lowest BCUT2D eigenvalue weighted by Gasteiger charge is -2.33. The van der Waals surface area contributed by atoms with Gasteiger partial charge in [0.2, 0.25) is 0 Å². The minimum atomic E-state index is 0.293. The third-order valence-electron chi connectivity index (χ3n) is 6.76. The normalized spacial score (nSPS) is 14.8. The Kier molecular flexibility index (Phi) is 5.35. The van der Waals surface area contributed by atoms with Crippen LogP contribution < -0.4 is 10.2 Å². The van der Waals surface area contributed by atoms with E-state index in [0.717, 1.165) is 65.8 Å². The molecule has 1 fully saturated rings. The number of aromatic nitrogens is 5. The number of anilines is 3. The standard InChI is InChI=1S/C26H27N7O/c34-14-9-18-7-11-32(12-8-18)22-5-3-21(4-6-22)29-25-26-27-10-13-33(26)17-24(30-25)19-1-2-20-16-28-31-23(20)15-19/h1-6,10,13,15-18,34H,7-9,11-12,14H2,(H,28,31)(H,29,30). The second-order valence-electron chi connectivity index (χ2n) is 8.92. The van der Waals surface area contributed by atoms with Gasteiger partial charge in [0.25, 0.3) is 0 Å². The van der Waals surface area contributed by atoms with Crippen molar-refractivity contribution in [1.82, 2.24) is 24.6 Å². The first kappa shape index (κ1) is 20.7. The van der Waals surface area contributed by atoms with Gasteiger partial charge in [-0.3, -0.25) is 5.10 Å². The minimum absolute atomic E-state index is 0.293. The molecule has 5 aromatic rings. The lowest BCUT2D eigenvalue weighted by atomic mass is 9.93. The van der Waals surface area contributed by atoms with Gasteiger partial charge in [0.1, 0.15) is 0 Å². The maximum absolute atomic E-state index is 9.18. The van der Waals surface area contributed by atoms with Crippen molar-refractivity contribution in [3.63, 3.8) is 0 Å². The van der Waals surface area contributed by atoms with E-state index in [0.29, 0.717) is 18.3 Å². The Labute approximate surface area is 197 Å². The van der Waals surface area contributed by atoms with Gasteiger partial charge in [-0.1, -0.05) is 12.1 Å². The summed E-state index contributed by atoms with van der Waals surface area (Å²) in [6.45, 7) is 2.37. The number of hydrogen-bond donors (Lipinski definition) is 3. The molecule has 3 aromatic heterocycles. The van der Waals surface area contributed by atoms with Crippen molar-refractivity contribution >= 4 is 33.7 Å². The molecule has 2 aromatic carbocycles. The summed E-state index contributed by atoms with van der Waals surface area (Å²) in [7, 11) is 0. The molecule has 0 radical (unpaired) electrons. The van der Waals surface area contributed by atoms with Crippen LogP contribution in [0.4, 0.5) is 17.2 Å². The molecule has 8 nitrogen and oxygen atoms in total. The largest absolute Gasteiger partial charge is 0.396 e. The van der Waals surface area contributed by atoms with Gasteiger partial charge in [0.15, 0.2) is 11.5 Å². The highest BCUT2D eigenvalue weighted by Crippen LogP contribution is 2.29. The van der Waals surface area contributed by atoms with Gasteiger partial charge in [-0.25, -0.2) is 9.97 Å². The molecule has 0 amide bonds. The molecule has 1 aliphatic rings. The van der Waals surface area contributed by atoms with Crippen molar-refractivity contribution in [3.8, 4) is 11.3 Å². The van der Waals surface area contributed by atoms with Crippen LogP contribution in [0.25, 0.3) is 27.8 Å². The summed E-state index contributed by atoms with van der Waals surface area (Å²) in [5, 5.41) is 20.9. The number of fused-ring (bicyclic) bond motifs is 2. The first-order valence-electron chi connectivity index (χ1n) is 11.8. The molecule has 1 aliphatic heterocycles. The number of nitrogens with one attached hydrogen (secondary N) is 2. The van der Waals surface area contributed by atoms with E-state index in [2.05, 4.69) is 61.8 Å². The van der Waals surface area contributed by atoms with Gasteiger partial charge in [-0.2, -0.15) is 5.10 Å². The first-order valence-corrected chi connectivity index (χ1v) is 11.8. The Bertz CT molecular complexity index is 1410. The fourth-order valence-electron chi connectivity index (χ4n) is 4.81. The van der Waals surface area contributed by atoms with Gasteiger partial charge >= 0.3 is 0 Å². The number of H-pyrrole nitrogens is 1. The van der Waals surface area contributed by atoms with Crippen LogP contribution >= 0.6 is 0 Å². The molecule has 34 heavy (non-hydrogen) atoms. The average molecular weight is 454 g/mol. The lowest BCUT2D eigenvalue weighted by Crippen LogP contribution is -2.33. The molecule has 0 aliphatic carbocycles. The molecule has 1 saturated heterocycles. The Balaban J connectivity index is 1.24. The molecule has 8 heteroatoms. The predicted octanol–water partition coefficient (Wildman–Crippen LogP) is 4.62. The average Bonchev–Trinajstić information content (AvgIpc) is 3.54. The van der Waals surface area contributed by atoms with Crippen molar-refractivity contribution in [1.29, 1.82) is 0 Å². The number of aliphatic hydroxyl groups excluding tert-OH is 1. The topological polar surface area (TPSA) is 94.4 Å². The van der Waals surface area contributed by atoms with E-state index < -0.39 is 0 Å². The van der Waals surface area contributed by atoms with Crippen LogP contribution in [0.1, 0.15) is 19.3 Å². The number of piperidine rings is 1. The summed E-state index contributed by atoms with van der Waals surface area (Å²) in [6, 6.07) is 14.7. The zero-order valence-corrected chi connectivity index (χ0v) is 18.9. The van der Waals surface area contributed by atoms with Gasteiger partial charge in [0, 0.05) is 60.6 Å². The highest BCUT2D eigenvalue weighted by atomic mass is 16.3. The summed E-state index contributed by atoms with van der Waals surface area (Å²) in [5.41, 5.74) is 5.82. The van der Waals surface area contributed by atoms with E-state index >= 15 is 0 Å². The van der Waals surface area contributed by atoms with Crippen LogP contribution in [-0.2, 0) is 0 Å². The number of rotatable bonds is 6. The number of aliphatic hydroxyl groups is 1. The van der Waals surface area contributed by atoms with Gasteiger partial charge < -0.3 is 19.7 Å². The second kappa shape index (κ2) is 8.79. The van der Waals surface area contributed by atoms with Crippen molar-refractivity contribution in [2.45, 2.75) is 19.3 Å². The number of imidazole rings is 1. The lowest BCUT2D eigenvalue weighted by molar-refractivity contribution is 0.240. The SMILES string of the molecule is OCCC1CCN(c2ccc(Nc3nc(-c4ccc5cn[nH]c5c4)cn4ccnc34)cc2)CC1. The summed E-state index contributed by atoms with van der Waals surface area (Å²) in [5.74, 6) is 1.36. The monoisotopic (exact) mass is 453 g/mol. The maximum atomic E-state index is 9.18. The smallest absolute Gasteiger partial charge is 0.180 e. The fraction of sp³-hybridized carbons (Fsp3) is 0.269. The van der Waals surface area contributed by atoms with Gasteiger partial charge in [0.05, 0.1) is 17.4 Å². The third kappa shape index (κ3) is 3.97. The van der Waals surface area contributed by atoms with E-state index in [1.54, 1.807) is 6.20 Å². The number of aromatic amines is 1. The van der Waals surface area contributed by atoms with Gasteiger partial charge in [-0.05, 0) is 55.5 Å². The van der Waals surface area contributed by atoms with E-state index in [4.69, 9.17) is 4.98 Å². The highest BCUT2D eigenvalue weighted by molar-refractivity contribution is 5.84.